The van der Waals surface area contributed by atoms with Crippen molar-refractivity contribution in [2.24, 2.45) is 0 Å². The third-order valence-corrected chi connectivity index (χ3v) is 2.78. The van der Waals surface area contributed by atoms with Crippen molar-refractivity contribution in [3.63, 3.8) is 0 Å². The summed E-state index contributed by atoms with van der Waals surface area (Å²) >= 11 is 11.5. The van der Waals surface area contributed by atoms with Crippen molar-refractivity contribution in [2.75, 3.05) is 19.6 Å². The predicted molar refractivity (Wildman–Crippen MR) is 69.7 cm³/mol. The van der Waals surface area contributed by atoms with Gasteiger partial charge in [0.25, 0.3) is 0 Å². The lowest BCUT2D eigenvalue weighted by atomic mass is 10.1. The Morgan fingerprint density at radius 3 is 2.88 bits per heavy atom. The smallest absolute Gasteiger partial charge is 0.224 e. The SMILES string of the molecule is COCC(CCl)NC(=O)Cc1cccc(Cl)c1. The van der Waals surface area contributed by atoms with Crippen molar-refractivity contribution in [3.8, 4) is 0 Å². The molecule has 94 valence electrons. The predicted octanol–water partition coefficient (Wildman–Crippen LogP) is 2.25. The largest absolute Gasteiger partial charge is 0.383 e. The topological polar surface area (TPSA) is 38.3 Å². The average molecular weight is 276 g/mol. The second-order valence-electron chi connectivity index (χ2n) is 3.68. The number of halogens is 2. The molecule has 1 aromatic carbocycles. The van der Waals surface area contributed by atoms with Crippen LogP contribution in [0, 0.1) is 0 Å². The molecule has 0 radical (unpaired) electrons. The van der Waals surface area contributed by atoms with E-state index in [1.807, 2.05) is 12.1 Å². The van der Waals surface area contributed by atoms with Crippen molar-refractivity contribution in [3.05, 3.63) is 34.9 Å². The molecule has 0 aliphatic rings. The highest BCUT2D eigenvalue weighted by molar-refractivity contribution is 6.30. The van der Waals surface area contributed by atoms with Gasteiger partial charge in [-0.05, 0) is 17.7 Å². The van der Waals surface area contributed by atoms with Gasteiger partial charge in [-0.2, -0.15) is 0 Å². The molecule has 0 aliphatic heterocycles. The first-order valence-corrected chi connectivity index (χ1v) is 6.15. The Morgan fingerprint density at radius 1 is 1.53 bits per heavy atom. The van der Waals surface area contributed by atoms with E-state index < -0.39 is 0 Å². The highest BCUT2D eigenvalue weighted by Crippen LogP contribution is 2.11. The molecule has 0 saturated carbocycles. The summed E-state index contributed by atoms with van der Waals surface area (Å²) in [6, 6.07) is 7.06. The molecule has 0 saturated heterocycles. The molecular weight excluding hydrogens is 261 g/mol. The van der Waals surface area contributed by atoms with Crippen molar-refractivity contribution < 1.29 is 9.53 Å². The fraction of sp³-hybridized carbons (Fsp3) is 0.417. The monoisotopic (exact) mass is 275 g/mol. The van der Waals surface area contributed by atoms with Crippen LogP contribution in [-0.4, -0.2) is 31.5 Å². The second kappa shape index (κ2) is 7.54. The molecule has 0 fully saturated rings. The molecule has 5 heteroatoms. The number of ether oxygens (including phenoxy) is 1. The van der Waals surface area contributed by atoms with Gasteiger partial charge in [0, 0.05) is 18.0 Å². The van der Waals surface area contributed by atoms with Crippen LogP contribution in [0.15, 0.2) is 24.3 Å². The van der Waals surface area contributed by atoms with Crippen molar-refractivity contribution in [1.82, 2.24) is 5.32 Å². The number of hydrogen-bond donors (Lipinski definition) is 1. The van der Waals surface area contributed by atoms with Crippen LogP contribution in [0.25, 0.3) is 0 Å². The Morgan fingerprint density at radius 2 is 2.29 bits per heavy atom. The van der Waals surface area contributed by atoms with Crippen LogP contribution < -0.4 is 5.32 Å². The first kappa shape index (κ1) is 14.3. The zero-order valence-corrected chi connectivity index (χ0v) is 11.1. The maximum absolute atomic E-state index is 11.7. The molecule has 0 heterocycles. The molecule has 1 N–H and O–H groups in total. The third-order valence-electron chi connectivity index (χ3n) is 2.17. The quantitative estimate of drug-likeness (QED) is 0.809. The summed E-state index contributed by atoms with van der Waals surface area (Å²) in [6.45, 7) is 0.408. The summed E-state index contributed by atoms with van der Waals surface area (Å²) in [5, 5.41) is 3.42. The lowest BCUT2D eigenvalue weighted by molar-refractivity contribution is -0.121. The molecule has 0 spiro atoms. The summed E-state index contributed by atoms with van der Waals surface area (Å²) < 4.78 is 4.94. The summed E-state index contributed by atoms with van der Waals surface area (Å²) in [7, 11) is 1.57. The fourth-order valence-electron chi connectivity index (χ4n) is 1.44. The fourth-order valence-corrected chi connectivity index (χ4v) is 1.82. The minimum atomic E-state index is -0.159. The normalized spacial score (nSPS) is 12.2. The van der Waals surface area contributed by atoms with Crippen LogP contribution in [0.2, 0.25) is 5.02 Å². The summed E-state index contributed by atoms with van der Waals surface area (Å²) in [5.41, 5.74) is 0.876. The van der Waals surface area contributed by atoms with Gasteiger partial charge in [0.2, 0.25) is 5.91 Å². The first-order chi connectivity index (χ1) is 8.15. The molecule has 1 amide bonds. The molecule has 0 aliphatic carbocycles. The molecule has 1 aromatic rings. The molecule has 1 atom stereocenters. The number of nitrogens with one attached hydrogen (secondary N) is 1. The lowest BCUT2D eigenvalue weighted by Gasteiger charge is -2.14. The van der Waals surface area contributed by atoms with Crippen LogP contribution in [0.5, 0.6) is 0 Å². The summed E-state index contributed by atoms with van der Waals surface area (Å²) in [4.78, 5) is 11.7. The van der Waals surface area contributed by atoms with Gasteiger partial charge in [0.05, 0.1) is 19.1 Å². The van der Waals surface area contributed by atoms with E-state index in [2.05, 4.69) is 5.32 Å². The van der Waals surface area contributed by atoms with E-state index in [0.717, 1.165) is 5.56 Å². The number of methoxy groups -OCH3 is 1. The Bertz CT molecular complexity index is 371. The van der Waals surface area contributed by atoms with Gasteiger partial charge in [0.15, 0.2) is 0 Å². The lowest BCUT2D eigenvalue weighted by Crippen LogP contribution is -2.40. The Kier molecular flexibility index (Phi) is 6.34. The van der Waals surface area contributed by atoms with Gasteiger partial charge < -0.3 is 10.1 Å². The van der Waals surface area contributed by atoms with E-state index >= 15 is 0 Å². The zero-order valence-electron chi connectivity index (χ0n) is 9.58. The highest BCUT2D eigenvalue weighted by atomic mass is 35.5. The summed E-state index contributed by atoms with van der Waals surface area (Å²) in [5.74, 6) is 0.241. The minimum Gasteiger partial charge on any atom is -0.383 e. The molecule has 0 bridgehead atoms. The van der Waals surface area contributed by atoms with Crippen molar-refractivity contribution in [2.45, 2.75) is 12.5 Å². The number of hydrogen-bond acceptors (Lipinski definition) is 2. The molecular formula is C12H15Cl2NO2. The van der Waals surface area contributed by atoms with Crippen LogP contribution in [0.4, 0.5) is 0 Å². The average Bonchev–Trinajstić information content (AvgIpc) is 2.28. The zero-order chi connectivity index (χ0) is 12.7. The second-order valence-corrected chi connectivity index (χ2v) is 4.43. The molecule has 3 nitrogen and oxygen atoms in total. The standard InChI is InChI=1S/C12H15Cl2NO2/c1-17-8-11(7-13)15-12(16)6-9-3-2-4-10(14)5-9/h2-5,11H,6-8H2,1H3,(H,15,16). The van der Waals surface area contributed by atoms with E-state index in [9.17, 15) is 4.79 Å². The van der Waals surface area contributed by atoms with Gasteiger partial charge in [-0.25, -0.2) is 0 Å². The number of amides is 1. The van der Waals surface area contributed by atoms with Crippen molar-refractivity contribution >= 4 is 29.1 Å². The minimum absolute atomic E-state index is 0.0880. The molecule has 17 heavy (non-hydrogen) atoms. The van der Waals surface area contributed by atoms with Gasteiger partial charge >= 0.3 is 0 Å². The van der Waals surface area contributed by atoms with Gasteiger partial charge in [-0.15, -0.1) is 11.6 Å². The first-order valence-electron chi connectivity index (χ1n) is 5.24. The number of carbonyl (C=O) groups excluding carboxylic acids is 1. The Balaban J connectivity index is 2.49. The Hall–Kier alpha value is -0.770. The molecule has 1 rings (SSSR count). The van der Waals surface area contributed by atoms with E-state index in [4.69, 9.17) is 27.9 Å². The van der Waals surface area contributed by atoms with E-state index in [1.54, 1.807) is 19.2 Å². The third kappa shape index (κ3) is 5.39. The van der Waals surface area contributed by atoms with Crippen LogP contribution >= 0.6 is 23.2 Å². The Labute approximate surface area is 111 Å². The van der Waals surface area contributed by atoms with E-state index in [-0.39, 0.29) is 18.4 Å². The van der Waals surface area contributed by atoms with Gasteiger partial charge in [-0.1, -0.05) is 23.7 Å². The highest BCUT2D eigenvalue weighted by Gasteiger charge is 2.11. The maximum atomic E-state index is 11.7. The molecule has 1 unspecified atom stereocenters. The number of benzene rings is 1. The van der Waals surface area contributed by atoms with E-state index in [1.165, 1.54) is 0 Å². The number of rotatable bonds is 6. The van der Waals surface area contributed by atoms with Gasteiger partial charge in [0.1, 0.15) is 0 Å². The number of carbonyl (C=O) groups is 1. The van der Waals surface area contributed by atoms with Crippen molar-refractivity contribution in [1.29, 1.82) is 0 Å². The molecule has 0 aromatic heterocycles. The van der Waals surface area contributed by atoms with E-state index in [0.29, 0.717) is 17.5 Å². The van der Waals surface area contributed by atoms with Crippen LogP contribution in [0.1, 0.15) is 5.56 Å². The number of alkyl halides is 1. The maximum Gasteiger partial charge on any atom is 0.224 e. The van der Waals surface area contributed by atoms with Crippen LogP contribution in [0.3, 0.4) is 0 Å². The summed E-state index contributed by atoms with van der Waals surface area (Å²) in [6.07, 6.45) is 0.289. The van der Waals surface area contributed by atoms with Gasteiger partial charge in [-0.3, -0.25) is 4.79 Å². The van der Waals surface area contributed by atoms with Crippen LogP contribution in [-0.2, 0) is 16.0 Å².